The van der Waals surface area contributed by atoms with Crippen LogP contribution < -0.4 is 15.6 Å². The molecule has 1 fully saturated rings. The minimum absolute atomic E-state index is 0.190. The Labute approximate surface area is 181 Å². The minimum atomic E-state index is -0.415. The number of amides is 1. The van der Waals surface area contributed by atoms with Crippen LogP contribution >= 0.6 is 0 Å². The SMILES string of the molecule is CCOC1CN(C(=O)OC)CC1Nc1c(C)nc(-c2ccc(OC)cc2C)n(C)c1=O. The first-order valence-electron chi connectivity index (χ1n) is 10.2. The van der Waals surface area contributed by atoms with E-state index in [1.165, 1.54) is 11.7 Å². The van der Waals surface area contributed by atoms with E-state index in [1.807, 2.05) is 32.0 Å². The fourth-order valence-electron chi connectivity index (χ4n) is 3.89. The van der Waals surface area contributed by atoms with Gasteiger partial charge in [0.15, 0.2) is 0 Å². The van der Waals surface area contributed by atoms with Gasteiger partial charge in [-0.15, -0.1) is 0 Å². The van der Waals surface area contributed by atoms with Crippen molar-refractivity contribution in [2.45, 2.75) is 32.9 Å². The number of benzene rings is 1. The molecular formula is C22H30N4O5. The highest BCUT2D eigenvalue weighted by molar-refractivity contribution is 5.68. The zero-order chi connectivity index (χ0) is 22.7. The molecule has 1 amide bonds. The molecule has 1 aliphatic rings. The molecular weight excluding hydrogens is 400 g/mol. The van der Waals surface area contributed by atoms with E-state index in [4.69, 9.17) is 19.2 Å². The third kappa shape index (κ3) is 4.51. The van der Waals surface area contributed by atoms with Gasteiger partial charge in [0.25, 0.3) is 5.56 Å². The number of nitrogens with one attached hydrogen (secondary N) is 1. The average molecular weight is 431 g/mol. The molecule has 31 heavy (non-hydrogen) atoms. The van der Waals surface area contributed by atoms with Crippen LogP contribution in [0, 0.1) is 13.8 Å². The van der Waals surface area contributed by atoms with E-state index >= 15 is 0 Å². The molecule has 0 spiro atoms. The summed E-state index contributed by atoms with van der Waals surface area (Å²) in [6.07, 6.45) is -0.668. The molecule has 0 saturated carbocycles. The number of aryl methyl sites for hydroxylation is 2. The lowest BCUT2D eigenvalue weighted by molar-refractivity contribution is 0.0614. The standard InChI is InChI=1S/C22H30N4O5/c1-7-31-18-12-26(22(28)30-6)11-17(18)24-19-14(3)23-20(25(4)21(19)27)16-9-8-15(29-5)10-13(16)2/h8-10,17-18,24H,7,11-12H2,1-6H3. The van der Waals surface area contributed by atoms with Gasteiger partial charge in [0.05, 0.1) is 38.6 Å². The summed E-state index contributed by atoms with van der Waals surface area (Å²) < 4.78 is 17.4. The molecule has 1 aliphatic heterocycles. The number of nitrogens with zero attached hydrogens (tertiary/aromatic N) is 3. The molecule has 0 radical (unpaired) electrons. The van der Waals surface area contributed by atoms with Crippen molar-refractivity contribution >= 4 is 11.8 Å². The van der Waals surface area contributed by atoms with Gasteiger partial charge in [-0.05, 0) is 44.5 Å². The molecule has 2 unspecified atom stereocenters. The van der Waals surface area contributed by atoms with E-state index in [9.17, 15) is 9.59 Å². The quantitative estimate of drug-likeness (QED) is 0.752. The fraction of sp³-hybridized carbons (Fsp3) is 0.500. The Balaban J connectivity index is 1.94. The zero-order valence-electron chi connectivity index (χ0n) is 18.9. The van der Waals surface area contributed by atoms with Crippen LogP contribution in [0.5, 0.6) is 5.75 Å². The Kier molecular flexibility index (Phi) is 6.84. The lowest BCUT2D eigenvalue weighted by atomic mass is 10.1. The van der Waals surface area contributed by atoms with Gasteiger partial charge in [-0.1, -0.05) is 0 Å². The van der Waals surface area contributed by atoms with Gasteiger partial charge < -0.3 is 24.4 Å². The van der Waals surface area contributed by atoms with E-state index in [2.05, 4.69) is 5.32 Å². The van der Waals surface area contributed by atoms with Gasteiger partial charge in [-0.2, -0.15) is 0 Å². The Morgan fingerprint density at radius 3 is 2.61 bits per heavy atom. The van der Waals surface area contributed by atoms with Crippen LogP contribution in [0.3, 0.4) is 0 Å². The summed E-state index contributed by atoms with van der Waals surface area (Å²) in [6.45, 7) is 6.93. The number of carbonyl (C=O) groups is 1. The highest BCUT2D eigenvalue weighted by Gasteiger charge is 2.37. The Bertz CT molecular complexity index is 1020. The maximum Gasteiger partial charge on any atom is 0.409 e. The number of carbonyl (C=O) groups excluding carboxylic acids is 1. The minimum Gasteiger partial charge on any atom is -0.497 e. The summed E-state index contributed by atoms with van der Waals surface area (Å²) in [5.74, 6) is 1.33. The van der Waals surface area contributed by atoms with E-state index in [1.54, 1.807) is 26.0 Å². The maximum atomic E-state index is 13.2. The van der Waals surface area contributed by atoms with Gasteiger partial charge in [-0.25, -0.2) is 9.78 Å². The molecule has 0 bridgehead atoms. The third-order valence-electron chi connectivity index (χ3n) is 5.56. The van der Waals surface area contributed by atoms with Crippen molar-refractivity contribution in [3.63, 3.8) is 0 Å². The van der Waals surface area contributed by atoms with Crippen molar-refractivity contribution in [2.24, 2.45) is 7.05 Å². The molecule has 1 N–H and O–H groups in total. The number of anilines is 1. The smallest absolute Gasteiger partial charge is 0.409 e. The van der Waals surface area contributed by atoms with Crippen molar-refractivity contribution < 1.29 is 19.0 Å². The normalized spacial score (nSPS) is 18.2. The highest BCUT2D eigenvalue weighted by Crippen LogP contribution is 2.26. The first-order valence-corrected chi connectivity index (χ1v) is 10.2. The zero-order valence-corrected chi connectivity index (χ0v) is 18.9. The summed E-state index contributed by atoms with van der Waals surface area (Å²) in [5.41, 5.74) is 2.62. The molecule has 0 aliphatic carbocycles. The van der Waals surface area contributed by atoms with E-state index in [-0.39, 0.29) is 17.7 Å². The number of aromatic nitrogens is 2. The van der Waals surface area contributed by atoms with Crippen LogP contribution in [0.15, 0.2) is 23.0 Å². The number of hydrogen-bond acceptors (Lipinski definition) is 7. The number of rotatable bonds is 6. The second-order valence-corrected chi connectivity index (χ2v) is 7.56. The topological polar surface area (TPSA) is 94.9 Å². The molecule has 1 aromatic heterocycles. The van der Waals surface area contributed by atoms with Crippen LogP contribution in [-0.2, 0) is 16.5 Å². The molecule has 2 aromatic rings. The predicted molar refractivity (Wildman–Crippen MR) is 118 cm³/mol. The third-order valence-corrected chi connectivity index (χ3v) is 5.56. The van der Waals surface area contributed by atoms with Crippen LogP contribution in [0.1, 0.15) is 18.2 Å². The number of hydrogen-bond donors (Lipinski definition) is 1. The van der Waals surface area contributed by atoms with E-state index in [0.29, 0.717) is 36.9 Å². The van der Waals surface area contributed by atoms with Crippen LogP contribution in [-0.4, -0.2) is 66.6 Å². The molecule has 168 valence electrons. The van der Waals surface area contributed by atoms with Crippen LogP contribution in [0.2, 0.25) is 0 Å². The van der Waals surface area contributed by atoms with Crippen molar-refractivity contribution in [1.29, 1.82) is 0 Å². The van der Waals surface area contributed by atoms with Crippen molar-refractivity contribution in [3.05, 3.63) is 39.8 Å². The van der Waals surface area contributed by atoms with Gasteiger partial charge in [0, 0.05) is 25.8 Å². The lowest BCUT2D eigenvalue weighted by Crippen LogP contribution is -2.38. The van der Waals surface area contributed by atoms with Crippen molar-refractivity contribution in [1.82, 2.24) is 14.5 Å². The predicted octanol–water partition coefficient (Wildman–Crippen LogP) is 2.34. The lowest BCUT2D eigenvalue weighted by Gasteiger charge is -2.22. The number of ether oxygens (including phenoxy) is 3. The summed E-state index contributed by atoms with van der Waals surface area (Å²) in [4.78, 5) is 31.5. The summed E-state index contributed by atoms with van der Waals surface area (Å²) in [5, 5.41) is 3.28. The Morgan fingerprint density at radius 2 is 2.00 bits per heavy atom. The molecule has 2 heterocycles. The second-order valence-electron chi connectivity index (χ2n) is 7.56. The first-order chi connectivity index (χ1) is 14.8. The monoisotopic (exact) mass is 430 g/mol. The Morgan fingerprint density at radius 1 is 1.26 bits per heavy atom. The van der Waals surface area contributed by atoms with Gasteiger partial charge in [0.1, 0.15) is 17.3 Å². The van der Waals surface area contributed by atoms with Gasteiger partial charge in [0.2, 0.25) is 0 Å². The first kappa shape index (κ1) is 22.6. The maximum absolute atomic E-state index is 13.2. The fourth-order valence-corrected chi connectivity index (χ4v) is 3.89. The van der Waals surface area contributed by atoms with E-state index in [0.717, 1.165) is 16.9 Å². The summed E-state index contributed by atoms with van der Waals surface area (Å²) in [6, 6.07) is 5.41. The van der Waals surface area contributed by atoms with Crippen LogP contribution in [0.25, 0.3) is 11.4 Å². The molecule has 3 rings (SSSR count). The average Bonchev–Trinajstić information content (AvgIpc) is 3.16. The molecule has 1 aromatic carbocycles. The molecule has 9 nitrogen and oxygen atoms in total. The van der Waals surface area contributed by atoms with Gasteiger partial charge >= 0.3 is 6.09 Å². The van der Waals surface area contributed by atoms with Crippen molar-refractivity contribution in [2.75, 3.05) is 39.2 Å². The largest absolute Gasteiger partial charge is 0.497 e. The Hall–Kier alpha value is -3.07. The second kappa shape index (κ2) is 9.38. The van der Waals surface area contributed by atoms with E-state index < -0.39 is 6.09 Å². The van der Waals surface area contributed by atoms with Crippen LogP contribution in [0.4, 0.5) is 10.5 Å². The van der Waals surface area contributed by atoms with Gasteiger partial charge in [-0.3, -0.25) is 9.36 Å². The number of methoxy groups -OCH3 is 2. The molecule has 1 saturated heterocycles. The molecule has 2 atom stereocenters. The summed E-state index contributed by atoms with van der Waals surface area (Å²) in [7, 11) is 4.67. The summed E-state index contributed by atoms with van der Waals surface area (Å²) >= 11 is 0. The molecule has 9 heteroatoms. The number of likely N-dealkylation sites (tertiary alicyclic amines) is 1. The van der Waals surface area contributed by atoms with Crippen molar-refractivity contribution in [3.8, 4) is 17.1 Å². The highest BCUT2D eigenvalue weighted by atomic mass is 16.5.